The highest BCUT2D eigenvalue weighted by atomic mass is 28.4. The van der Waals surface area contributed by atoms with Crippen molar-refractivity contribution in [2.45, 2.75) is 32.2 Å². The van der Waals surface area contributed by atoms with Gasteiger partial charge in [0.1, 0.15) is 0 Å². The van der Waals surface area contributed by atoms with Gasteiger partial charge >= 0.3 is 8.80 Å². The summed E-state index contributed by atoms with van der Waals surface area (Å²) in [6.07, 6.45) is 3.57. The summed E-state index contributed by atoms with van der Waals surface area (Å²) in [7, 11) is 2.45. The van der Waals surface area contributed by atoms with Crippen LogP contribution in [-0.2, 0) is 18.0 Å². The molecule has 0 heterocycles. The number of unbranched alkanes of at least 4 members (excludes halogenated alkanes) is 2. The van der Waals surface area contributed by atoms with Crippen molar-refractivity contribution >= 4 is 8.80 Å². The fourth-order valence-corrected chi connectivity index (χ4v) is 2.82. The Morgan fingerprint density at radius 3 is 1.93 bits per heavy atom. The predicted octanol–water partition coefficient (Wildman–Crippen LogP) is 2.07. The van der Waals surface area contributed by atoms with Crippen LogP contribution in [0.5, 0.6) is 0 Å². The highest BCUT2D eigenvalue weighted by Gasteiger charge is 2.37. The lowest BCUT2D eigenvalue weighted by Crippen LogP contribution is -2.43. The van der Waals surface area contributed by atoms with Crippen molar-refractivity contribution in [2.24, 2.45) is 0 Å². The van der Waals surface area contributed by atoms with Crippen LogP contribution in [0.1, 0.15) is 26.2 Å². The lowest BCUT2D eigenvalue weighted by Gasteiger charge is -2.24. The minimum Gasteiger partial charge on any atom is -0.381 e. The summed E-state index contributed by atoms with van der Waals surface area (Å²) >= 11 is 0. The minimum absolute atomic E-state index is 0.644. The van der Waals surface area contributed by atoms with E-state index in [0.29, 0.717) is 12.7 Å². The fourth-order valence-electron chi connectivity index (χ4n) is 1.31. The molecule has 0 aromatic carbocycles. The maximum Gasteiger partial charge on any atom is 0.502 e. The van der Waals surface area contributed by atoms with Crippen LogP contribution in [0.2, 0.25) is 6.04 Å². The highest BCUT2D eigenvalue weighted by molar-refractivity contribution is 6.60. The Hall–Kier alpha value is 0.0569. The molecular weight excluding hydrogens is 212 g/mol. The molecule has 0 fully saturated rings. The zero-order valence-corrected chi connectivity index (χ0v) is 11.4. The van der Waals surface area contributed by atoms with E-state index in [9.17, 15) is 0 Å². The van der Waals surface area contributed by atoms with Gasteiger partial charge in [-0.25, -0.2) is 0 Å². The molecule has 0 aromatic heterocycles. The van der Waals surface area contributed by atoms with E-state index in [1.54, 1.807) is 21.3 Å². The van der Waals surface area contributed by atoms with Crippen LogP contribution in [-0.4, -0.2) is 43.3 Å². The Morgan fingerprint density at radius 2 is 1.47 bits per heavy atom. The molecule has 0 aliphatic carbocycles. The van der Waals surface area contributed by atoms with Crippen LogP contribution in [0.25, 0.3) is 0 Å². The van der Waals surface area contributed by atoms with Crippen LogP contribution in [0.3, 0.4) is 0 Å². The van der Waals surface area contributed by atoms with Crippen LogP contribution >= 0.6 is 0 Å². The third-order valence-electron chi connectivity index (χ3n) is 2.38. The lowest BCUT2D eigenvalue weighted by molar-refractivity contribution is 0.0941. The molecule has 0 atom stereocenters. The summed E-state index contributed by atoms with van der Waals surface area (Å²) in [5.41, 5.74) is 0. The van der Waals surface area contributed by atoms with Crippen molar-refractivity contribution in [2.75, 3.05) is 34.5 Å². The van der Waals surface area contributed by atoms with Gasteiger partial charge in [-0.1, -0.05) is 19.8 Å². The van der Waals surface area contributed by atoms with Gasteiger partial charge in [-0.15, -0.1) is 0 Å². The normalized spacial score (nSPS) is 12.0. The molecule has 0 amide bonds. The van der Waals surface area contributed by atoms with Gasteiger partial charge in [0, 0.05) is 34.0 Å². The largest absolute Gasteiger partial charge is 0.502 e. The van der Waals surface area contributed by atoms with Gasteiger partial charge in [-0.3, -0.25) is 0 Å². The van der Waals surface area contributed by atoms with Crippen molar-refractivity contribution in [3.63, 3.8) is 0 Å². The van der Waals surface area contributed by atoms with E-state index in [1.165, 1.54) is 12.8 Å². The second-order valence-electron chi connectivity index (χ2n) is 3.36. The van der Waals surface area contributed by atoms with Gasteiger partial charge in [-0.05, 0) is 6.42 Å². The number of ether oxygens (including phenoxy) is 1. The average molecular weight is 236 g/mol. The monoisotopic (exact) mass is 236 g/mol. The Morgan fingerprint density at radius 1 is 0.867 bits per heavy atom. The van der Waals surface area contributed by atoms with Gasteiger partial charge in [0.2, 0.25) is 0 Å². The Bertz CT molecular complexity index is 131. The van der Waals surface area contributed by atoms with Crippen LogP contribution in [0, 0.1) is 0 Å². The van der Waals surface area contributed by atoms with Crippen molar-refractivity contribution in [1.29, 1.82) is 0 Å². The first kappa shape index (κ1) is 15.1. The first-order valence-corrected chi connectivity index (χ1v) is 7.41. The molecule has 0 saturated heterocycles. The molecule has 92 valence electrons. The van der Waals surface area contributed by atoms with E-state index in [4.69, 9.17) is 18.0 Å². The molecule has 0 spiro atoms. The molecule has 0 N–H and O–H groups in total. The Balaban J connectivity index is 3.54. The third-order valence-corrected chi connectivity index (χ3v) is 5.06. The van der Waals surface area contributed by atoms with Crippen molar-refractivity contribution in [3.05, 3.63) is 0 Å². The molecule has 0 aromatic rings. The Labute approximate surface area is 94.2 Å². The van der Waals surface area contributed by atoms with E-state index >= 15 is 0 Å². The zero-order valence-electron chi connectivity index (χ0n) is 10.4. The second kappa shape index (κ2) is 9.29. The molecule has 0 aliphatic rings. The molecule has 0 unspecified atom stereocenters. The van der Waals surface area contributed by atoms with Crippen LogP contribution in [0.4, 0.5) is 0 Å². The molecule has 4 nitrogen and oxygen atoms in total. The molecular formula is C10H24O4Si. The quantitative estimate of drug-likeness (QED) is 0.430. The number of hydrogen-bond acceptors (Lipinski definition) is 4. The summed E-state index contributed by atoms with van der Waals surface area (Å²) in [4.78, 5) is 0. The summed E-state index contributed by atoms with van der Waals surface area (Å²) in [6, 6.07) is 0.711. The predicted molar refractivity (Wildman–Crippen MR) is 61.9 cm³/mol. The standard InChI is InChI=1S/C10H24O4Si/c1-5-6-7-8-14-9-10-15(11-2,12-3)13-4/h5-10H2,1-4H3. The summed E-state index contributed by atoms with van der Waals surface area (Å²) < 4.78 is 21.3. The maximum absolute atomic E-state index is 5.49. The fraction of sp³-hybridized carbons (Fsp3) is 1.00. The van der Waals surface area contributed by atoms with Gasteiger partial charge in [-0.2, -0.15) is 0 Å². The first-order chi connectivity index (χ1) is 7.24. The van der Waals surface area contributed by atoms with Gasteiger partial charge in [0.05, 0.1) is 6.61 Å². The third kappa shape index (κ3) is 6.27. The molecule has 0 radical (unpaired) electrons. The SMILES string of the molecule is CCCCCOCC[Si](OC)(OC)OC. The maximum atomic E-state index is 5.49. The van der Waals surface area contributed by atoms with Crippen molar-refractivity contribution in [1.82, 2.24) is 0 Å². The molecule has 5 heteroatoms. The number of hydrogen-bond donors (Lipinski definition) is 0. The second-order valence-corrected chi connectivity index (χ2v) is 6.46. The van der Waals surface area contributed by atoms with E-state index in [1.807, 2.05) is 0 Å². The van der Waals surface area contributed by atoms with Crippen LogP contribution in [0.15, 0.2) is 0 Å². The van der Waals surface area contributed by atoms with Gasteiger partial charge in [0.15, 0.2) is 0 Å². The molecule has 0 rings (SSSR count). The minimum atomic E-state index is -2.41. The van der Waals surface area contributed by atoms with Crippen LogP contribution < -0.4 is 0 Å². The van der Waals surface area contributed by atoms with E-state index in [2.05, 4.69) is 6.92 Å². The highest BCUT2D eigenvalue weighted by Crippen LogP contribution is 2.12. The van der Waals surface area contributed by atoms with Crippen molar-refractivity contribution < 1.29 is 18.0 Å². The van der Waals surface area contributed by atoms with E-state index < -0.39 is 8.80 Å². The smallest absolute Gasteiger partial charge is 0.381 e. The molecule has 15 heavy (non-hydrogen) atoms. The first-order valence-electron chi connectivity index (χ1n) is 5.48. The summed E-state index contributed by atoms with van der Waals surface area (Å²) in [6.45, 7) is 3.64. The molecule has 0 bridgehead atoms. The van der Waals surface area contributed by atoms with Gasteiger partial charge < -0.3 is 18.0 Å². The lowest BCUT2D eigenvalue weighted by atomic mass is 10.3. The average Bonchev–Trinajstić information content (AvgIpc) is 2.29. The van der Waals surface area contributed by atoms with E-state index in [0.717, 1.165) is 13.0 Å². The number of rotatable bonds is 10. The molecule has 0 saturated carbocycles. The van der Waals surface area contributed by atoms with Crippen molar-refractivity contribution in [3.8, 4) is 0 Å². The Kier molecular flexibility index (Phi) is 9.33. The van der Waals surface area contributed by atoms with E-state index in [-0.39, 0.29) is 0 Å². The summed E-state index contributed by atoms with van der Waals surface area (Å²) in [5.74, 6) is 0. The summed E-state index contributed by atoms with van der Waals surface area (Å²) in [5, 5.41) is 0. The molecule has 0 aliphatic heterocycles. The zero-order chi connectivity index (χ0) is 11.6. The topological polar surface area (TPSA) is 36.9 Å². The van der Waals surface area contributed by atoms with Gasteiger partial charge in [0.25, 0.3) is 0 Å².